The summed E-state index contributed by atoms with van der Waals surface area (Å²) >= 11 is 0. The predicted octanol–water partition coefficient (Wildman–Crippen LogP) is 1.63. The molecule has 122 valence electrons. The molecule has 0 aliphatic carbocycles. The zero-order chi connectivity index (χ0) is 16.6. The number of alkyl halides is 3. The summed E-state index contributed by atoms with van der Waals surface area (Å²) in [7, 11) is 0. The van der Waals surface area contributed by atoms with Crippen molar-refractivity contribution in [2.75, 3.05) is 13.1 Å². The molecule has 0 radical (unpaired) electrons. The van der Waals surface area contributed by atoms with Gasteiger partial charge in [-0.2, -0.15) is 13.2 Å². The van der Waals surface area contributed by atoms with Gasteiger partial charge in [0.1, 0.15) is 0 Å². The number of halogens is 3. The first-order valence-corrected chi connectivity index (χ1v) is 6.66. The number of hydrogen-bond acceptors (Lipinski definition) is 3. The summed E-state index contributed by atoms with van der Waals surface area (Å²) in [5, 5.41) is 11.7. The van der Waals surface area contributed by atoms with Crippen molar-refractivity contribution >= 4 is 11.9 Å². The maximum Gasteiger partial charge on any atom is 0.406 e. The van der Waals surface area contributed by atoms with Crippen LogP contribution < -0.4 is 5.32 Å². The van der Waals surface area contributed by atoms with E-state index >= 15 is 0 Å². The van der Waals surface area contributed by atoms with Crippen LogP contribution in [-0.2, 0) is 9.59 Å². The molecule has 1 heterocycles. The van der Waals surface area contributed by atoms with Gasteiger partial charge in [0, 0.05) is 18.6 Å². The summed E-state index contributed by atoms with van der Waals surface area (Å²) in [5.74, 6) is -2.30. The first-order valence-electron chi connectivity index (χ1n) is 6.66. The molecule has 21 heavy (non-hydrogen) atoms. The monoisotopic (exact) mass is 310 g/mol. The average Bonchev–Trinajstić information content (AvgIpc) is 2.70. The number of carbonyl (C=O) groups is 2. The van der Waals surface area contributed by atoms with Crippen molar-refractivity contribution in [3.63, 3.8) is 0 Å². The van der Waals surface area contributed by atoms with Crippen LogP contribution in [0.4, 0.5) is 13.2 Å². The van der Waals surface area contributed by atoms with Crippen molar-refractivity contribution in [1.82, 2.24) is 10.2 Å². The Kier molecular flexibility index (Phi) is 4.62. The van der Waals surface area contributed by atoms with Crippen LogP contribution in [0.25, 0.3) is 0 Å². The molecule has 1 saturated heterocycles. The van der Waals surface area contributed by atoms with E-state index in [1.165, 1.54) is 11.8 Å². The molecule has 1 fully saturated rings. The maximum absolute atomic E-state index is 13.1. The lowest BCUT2D eigenvalue weighted by atomic mass is 9.86. The summed E-state index contributed by atoms with van der Waals surface area (Å²) in [5.41, 5.74) is -3.29. The Morgan fingerprint density at radius 2 is 1.81 bits per heavy atom. The Morgan fingerprint density at radius 3 is 2.14 bits per heavy atom. The van der Waals surface area contributed by atoms with E-state index in [0.29, 0.717) is 0 Å². The molecule has 0 spiro atoms. The number of nitrogens with one attached hydrogen (secondary N) is 1. The molecule has 1 aliphatic rings. The molecule has 8 heteroatoms. The van der Waals surface area contributed by atoms with E-state index in [4.69, 9.17) is 5.11 Å². The molecule has 1 aliphatic heterocycles. The number of carbonyl (C=O) groups excluding carboxylic acids is 1. The molecule has 2 unspecified atom stereocenters. The number of rotatable bonds is 3. The Balaban J connectivity index is 2.86. The Bertz CT molecular complexity index is 431. The zero-order valence-corrected chi connectivity index (χ0v) is 12.5. The third-order valence-corrected chi connectivity index (χ3v) is 3.68. The average molecular weight is 310 g/mol. The van der Waals surface area contributed by atoms with Crippen LogP contribution in [0.3, 0.4) is 0 Å². The van der Waals surface area contributed by atoms with Gasteiger partial charge in [0.2, 0.25) is 5.91 Å². The first kappa shape index (κ1) is 17.7. The summed E-state index contributed by atoms with van der Waals surface area (Å²) in [4.78, 5) is 24.4. The highest BCUT2D eigenvalue weighted by molar-refractivity contribution is 5.82. The van der Waals surface area contributed by atoms with E-state index in [-0.39, 0.29) is 6.54 Å². The highest BCUT2D eigenvalue weighted by Crippen LogP contribution is 2.46. The molecular weight excluding hydrogens is 289 g/mol. The van der Waals surface area contributed by atoms with Crippen molar-refractivity contribution in [2.45, 2.75) is 51.9 Å². The number of carboxylic acid groups (broad SMARTS) is 1. The minimum absolute atomic E-state index is 0.0788. The molecule has 1 rings (SSSR count). The SMILES string of the molecule is CC(C(=O)NC(C)(C)C)N1CCC(C(=O)O)(C(F)(F)F)C1. The third-order valence-electron chi connectivity index (χ3n) is 3.68. The van der Waals surface area contributed by atoms with Crippen molar-refractivity contribution in [3.05, 3.63) is 0 Å². The molecule has 0 aromatic heterocycles. The van der Waals surface area contributed by atoms with E-state index in [0.717, 1.165) is 0 Å². The largest absolute Gasteiger partial charge is 0.481 e. The number of hydrogen-bond donors (Lipinski definition) is 2. The lowest BCUT2D eigenvalue weighted by Gasteiger charge is -2.30. The van der Waals surface area contributed by atoms with Crippen molar-refractivity contribution in [1.29, 1.82) is 0 Å². The highest BCUT2D eigenvalue weighted by Gasteiger charge is 2.64. The van der Waals surface area contributed by atoms with Crippen LogP contribution in [0.15, 0.2) is 0 Å². The normalized spacial score (nSPS) is 25.7. The second-order valence-corrected chi connectivity index (χ2v) is 6.52. The van der Waals surface area contributed by atoms with E-state index in [2.05, 4.69) is 5.32 Å². The first-order chi connectivity index (χ1) is 9.30. The maximum atomic E-state index is 13.1. The molecule has 1 amide bonds. The van der Waals surface area contributed by atoms with Gasteiger partial charge in [-0.25, -0.2) is 0 Å². The van der Waals surface area contributed by atoms with Crippen LogP contribution in [0.2, 0.25) is 0 Å². The molecule has 0 saturated carbocycles. The second-order valence-electron chi connectivity index (χ2n) is 6.52. The minimum atomic E-state index is -4.84. The quantitative estimate of drug-likeness (QED) is 0.831. The number of amides is 1. The zero-order valence-electron chi connectivity index (χ0n) is 12.5. The summed E-state index contributed by atoms with van der Waals surface area (Å²) in [6.07, 6.45) is -5.38. The second kappa shape index (κ2) is 5.47. The Labute approximate surface area is 121 Å². The van der Waals surface area contributed by atoms with Crippen LogP contribution >= 0.6 is 0 Å². The molecule has 0 aromatic carbocycles. The van der Waals surface area contributed by atoms with E-state index in [1.807, 2.05) is 0 Å². The number of aliphatic carboxylic acids is 1. The van der Waals surface area contributed by atoms with E-state index < -0.39 is 48.0 Å². The Morgan fingerprint density at radius 1 is 1.29 bits per heavy atom. The van der Waals surface area contributed by atoms with Gasteiger partial charge < -0.3 is 10.4 Å². The van der Waals surface area contributed by atoms with Gasteiger partial charge in [0.15, 0.2) is 5.41 Å². The van der Waals surface area contributed by atoms with Crippen molar-refractivity contribution < 1.29 is 27.9 Å². The highest BCUT2D eigenvalue weighted by atomic mass is 19.4. The van der Waals surface area contributed by atoms with Gasteiger partial charge in [0.05, 0.1) is 6.04 Å². The van der Waals surface area contributed by atoms with Gasteiger partial charge in [0.25, 0.3) is 0 Å². The molecule has 5 nitrogen and oxygen atoms in total. The van der Waals surface area contributed by atoms with Crippen molar-refractivity contribution in [2.24, 2.45) is 5.41 Å². The van der Waals surface area contributed by atoms with Crippen LogP contribution in [0.1, 0.15) is 34.1 Å². The van der Waals surface area contributed by atoms with E-state index in [1.54, 1.807) is 20.8 Å². The van der Waals surface area contributed by atoms with Crippen LogP contribution in [-0.4, -0.2) is 52.7 Å². The molecule has 2 atom stereocenters. The van der Waals surface area contributed by atoms with E-state index in [9.17, 15) is 22.8 Å². The summed E-state index contributed by atoms with van der Waals surface area (Å²) < 4.78 is 39.2. The smallest absolute Gasteiger partial charge is 0.406 e. The van der Waals surface area contributed by atoms with Gasteiger partial charge in [-0.3, -0.25) is 14.5 Å². The van der Waals surface area contributed by atoms with Gasteiger partial charge >= 0.3 is 12.1 Å². The topological polar surface area (TPSA) is 69.6 Å². The fraction of sp³-hybridized carbons (Fsp3) is 0.846. The number of carboxylic acids is 1. The number of nitrogens with zero attached hydrogens (tertiary/aromatic N) is 1. The fourth-order valence-electron chi connectivity index (χ4n) is 2.34. The fourth-order valence-corrected chi connectivity index (χ4v) is 2.34. The third kappa shape index (κ3) is 3.66. The molecule has 0 bridgehead atoms. The lowest BCUT2D eigenvalue weighted by molar-refractivity contribution is -0.227. The van der Waals surface area contributed by atoms with Crippen molar-refractivity contribution in [3.8, 4) is 0 Å². The lowest BCUT2D eigenvalue weighted by Crippen LogP contribution is -2.52. The molecular formula is C13H21F3N2O3. The molecule has 0 aromatic rings. The number of likely N-dealkylation sites (tertiary alicyclic amines) is 1. The predicted molar refractivity (Wildman–Crippen MR) is 69.7 cm³/mol. The Hall–Kier alpha value is -1.31. The molecule has 2 N–H and O–H groups in total. The van der Waals surface area contributed by atoms with Crippen LogP contribution in [0.5, 0.6) is 0 Å². The van der Waals surface area contributed by atoms with Gasteiger partial charge in [-0.05, 0) is 34.1 Å². The summed E-state index contributed by atoms with van der Waals surface area (Å²) in [6, 6.07) is -0.812. The summed E-state index contributed by atoms with van der Waals surface area (Å²) in [6.45, 7) is 5.99. The van der Waals surface area contributed by atoms with Crippen LogP contribution in [0, 0.1) is 5.41 Å². The van der Waals surface area contributed by atoms with Gasteiger partial charge in [-0.1, -0.05) is 0 Å². The minimum Gasteiger partial charge on any atom is -0.481 e. The van der Waals surface area contributed by atoms with Gasteiger partial charge in [-0.15, -0.1) is 0 Å². The standard InChI is InChI=1S/C13H21F3N2O3/c1-8(9(19)17-11(2,3)4)18-6-5-12(7-18,10(20)21)13(14,15)16/h8H,5-7H2,1-4H3,(H,17,19)(H,20,21).